The van der Waals surface area contributed by atoms with Crippen molar-refractivity contribution in [3.8, 4) is 0 Å². The summed E-state index contributed by atoms with van der Waals surface area (Å²) in [5.74, 6) is -1.69. The van der Waals surface area contributed by atoms with Crippen LogP contribution in [0.2, 0.25) is 5.02 Å². The van der Waals surface area contributed by atoms with Gasteiger partial charge in [0.15, 0.2) is 29.5 Å². The molecular formula is C32H29ClO6S3. The minimum Gasteiger partial charge on any atom is -0.228 e. The van der Waals surface area contributed by atoms with Gasteiger partial charge in [-0.15, -0.1) is 0 Å². The number of benzene rings is 4. The van der Waals surface area contributed by atoms with E-state index in [1.165, 1.54) is 24.3 Å². The van der Waals surface area contributed by atoms with Gasteiger partial charge in [0.2, 0.25) is 0 Å². The van der Waals surface area contributed by atoms with Crippen LogP contribution in [0.15, 0.2) is 113 Å². The molecule has 0 bridgehead atoms. The fourth-order valence-corrected chi connectivity index (χ4v) is 14.9. The molecule has 0 aromatic heterocycles. The maximum absolute atomic E-state index is 14.5. The molecule has 42 heavy (non-hydrogen) atoms. The second-order valence-electron chi connectivity index (χ2n) is 11.2. The van der Waals surface area contributed by atoms with Gasteiger partial charge < -0.3 is 0 Å². The molecule has 2 aliphatic carbocycles. The lowest BCUT2D eigenvalue weighted by molar-refractivity contribution is 0.583. The van der Waals surface area contributed by atoms with E-state index in [1.54, 1.807) is 78.9 Å². The molecule has 6 nitrogen and oxygen atoms in total. The van der Waals surface area contributed by atoms with Gasteiger partial charge in [0.25, 0.3) is 0 Å². The van der Waals surface area contributed by atoms with E-state index in [9.17, 15) is 25.3 Å². The van der Waals surface area contributed by atoms with E-state index in [2.05, 4.69) is 0 Å². The van der Waals surface area contributed by atoms with Crippen molar-refractivity contribution in [2.45, 2.75) is 56.5 Å². The first-order chi connectivity index (χ1) is 19.8. The van der Waals surface area contributed by atoms with Gasteiger partial charge in [-0.1, -0.05) is 89.5 Å². The van der Waals surface area contributed by atoms with Crippen LogP contribution in [0.25, 0.3) is 0 Å². The molecule has 0 amide bonds. The third-order valence-electron chi connectivity index (χ3n) is 8.40. The van der Waals surface area contributed by atoms with Crippen molar-refractivity contribution in [2.75, 3.05) is 0 Å². The molecule has 2 aliphatic rings. The fraction of sp³-hybridized carbons (Fsp3) is 0.250. The van der Waals surface area contributed by atoms with Crippen LogP contribution in [-0.2, 0) is 29.5 Å². The Balaban J connectivity index is 1.45. The quantitative estimate of drug-likeness (QED) is 0.245. The third kappa shape index (κ3) is 4.90. The zero-order chi connectivity index (χ0) is 30.0. The van der Waals surface area contributed by atoms with E-state index in [4.69, 9.17) is 11.6 Å². The third-order valence-corrected chi connectivity index (χ3v) is 16.1. The summed E-state index contributed by atoms with van der Waals surface area (Å²) in [4.78, 5) is 0.0830. The van der Waals surface area contributed by atoms with Gasteiger partial charge in [-0.25, -0.2) is 25.3 Å². The van der Waals surface area contributed by atoms with Crippen molar-refractivity contribution in [3.05, 3.63) is 130 Å². The largest absolute Gasteiger partial charge is 0.228 e. The standard InChI is InChI=1S/C32H29ClO6S3/c1-20-8-16-25(17-9-20)40(34,35)29-27(22-6-4-3-5-7-22)31(29)42(38,39)32-28(23-12-14-24(33)15-13-23)30(32)41(36,37)26-18-10-21(2)11-19-26/h3-19,27-32H,1-2H3/t27-,28-,29?,30?,31-,32+/m1/s1. The highest BCUT2D eigenvalue weighted by molar-refractivity contribution is 7.99. The Kier molecular flexibility index (Phi) is 7.16. The highest BCUT2D eigenvalue weighted by atomic mass is 35.5. The topological polar surface area (TPSA) is 102 Å². The van der Waals surface area contributed by atoms with Gasteiger partial charge in [0, 0.05) is 16.9 Å². The summed E-state index contributed by atoms with van der Waals surface area (Å²) in [6.45, 7) is 3.68. The smallest absolute Gasteiger partial charge is 0.183 e. The number of sulfone groups is 3. The van der Waals surface area contributed by atoms with E-state index in [0.29, 0.717) is 16.1 Å². The molecule has 0 aliphatic heterocycles. The molecule has 6 atom stereocenters. The molecule has 10 heteroatoms. The Morgan fingerprint density at radius 3 is 1.26 bits per heavy atom. The average molecular weight is 641 g/mol. The number of aryl methyl sites for hydroxylation is 2. The Labute approximate surface area is 252 Å². The highest BCUT2D eigenvalue weighted by Gasteiger charge is 2.74. The first kappa shape index (κ1) is 29.1. The van der Waals surface area contributed by atoms with Crippen LogP contribution in [-0.4, -0.2) is 46.3 Å². The van der Waals surface area contributed by atoms with Crippen molar-refractivity contribution < 1.29 is 25.3 Å². The minimum atomic E-state index is -4.29. The summed E-state index contributed by atoms with van der Waals surface area (Å²) in [7, 11) is -12.4. The summed E-state index contributed by atoms with van der Waals surface area (Å²) < 4.78 is 84.7. The highest BCUT2D eigenvalue weighted by Crippen LogP contribution is 2.61. The van der Waals surface area contributed by atoms with Crippen molar-refractivity contribution in [2.24, 2.45) is 0 Å². The normalized spacial score (nSPS) is 25.6. The molecule has 2 unspecified atom stereocenters. The fourth-order valence-electron chi connectivity index (χ4n) is 6.11. The van der Waals surface area contributed by atoms with Crippen LogP contribution in [0.1, 0.15) is 34.1 Å². The molecule has 0 radical (unpaired) electrons. The lowest BCUT2D eigenvalue weighted by Gasteiger charge is -2.07. The van der Waals surface area contributed by atoms with E-state index in [1.807, 2.05) is 13.8 Å². The number of halogens is 1. The first-order valence-corrected chi connectivity index (χ1v) is 18.6. The van der Waals surface area contributed by atoms with Gasteiger partial charge >= 0.3 is 0 Å². The molecule has 0 heterocycles. The SMILES string of the molecule is Cc1ccc(S(=O)(=O)C2[C@@H](c3ccc(Cl)cc3)[C@@H]2S(=O)(=O)[C@H]2C(S(=O)(=O)c3ccc(C)cc3)[C@H]2c2ccccc2)cc1. The average Bonchev–Trinajstić information content (AvgIpc) is 3.88. The molecule has 0 saturated heterocycles. The summed E-state index contributed by atoms with van der Waals surface area (Å²) >= 11 is 6.08. The number of hydrogen-bond donors (Lipinski definition) is 0. The zero-order valence-electron chi connectivity index (χ0n) is 22.8. The van der Waals surface area contributed by atoms with E-state index in [-0.39, 0.29) is 9.79 Å². The first-order valence-electron chi connectivity index (χ1n) is 13.5. The second kappa shape index (κ2) is 10.3. The molecule has 6 rings (SSSR count). The second-order valence-corrected chi connectivity index (χ2v) is 18.1. The Morgan fingerprint density at radius 2 is 0.857 bits per heavy atom. The molecule has 4 aromatic rings. The van der Waals surface area contributed by atoms with Crippen LogP contribution >= 0.6 is 11.6 Å². The van der Waals surface area contributed by atoms with Gasteiger partial charge in [-0.05, 0) is 61.4 Å². The van der Waals surface area contributed by atoms with Crippen LogP contribution in [0.5, 0.6) is 0 Å². The van der Waals surface area contributed by atoms with Crippen molar-refractivity contribution in [1.29, 1.82) is 0 Å². The van der Waals surface area contributed by atoms with Crippen molar-refractivity contribution in [1.82, 2.24) is 0 Å². The van der Waals surface area contributed by atoms with Crippen molar-refractivity contribution >= 4 is 41.1 Å². The van der Waals surface area contributed by atoms with E-state index < -0.39 is 62.3 Å². The van der Waals surface area contributed by atoms with Gasteiger partial charge in [0.05, 0.1) is 30.8 Å². The Hall–Kier alpha value is -2.98. The van der Waals surface area contributed by atoms with E-state index >= 15 is 0 Å². The zero-order valence-corrected chi connectivity index (χ0v) is 26.0. The summed E-state index contributed by atoms with van der Waals surface area (Å²) in [5, 5.41) is -4.65. The lowest BCUT2D eigenvalue weighted by Crippen LogP contribution is -2.24. The van der Waals surface area contributed by atoms with Gasteiger partial charge in [-0.2, -0.15) is 0 Å². The number of hydrogen-bond acceptors (Lipinski definition) is 6. The minimum absolute atomic E-state index is 0.0361. The van der Waals surface area contributed by atoms with Crippen LogP contribution in [0, 0.1) is 13.8 Å². The van der Waals surface area contributed by atoms with Crippen molar-refractivity contribution in [3.63, 3.8) is 0 Å². The monoisotopic (exact) mass is 640 g/mol. The number of rotatable bonds is 8. The summed E-state index contributed by atoms with van der Waals surface area (Å²) in [5.41, 5.74) is 2.87. The molecule has 0 N–H and O–H groups in total. The van der Waals surface area contributed by atoms with Gasteiger partial charge in [-0.3, -0.25) is 0 Å². The van der Waals surface area contributed by atoms with Crippen LogP contribution < -0.4 is 0 Å². The lowest BCUT2D eigenvalue weighted by atomic mass is 10.1. The molecular weight excluding hydrogens is 612 g/mol. The maximum atomic E-state index is 14.5. The van der Waals surface area contributed by atoms with Crippen LogP contribution in [0.3, 0.4) is 0 Å². The van der Waals surface area contributed by atoms with E-state index in [0.717, 1.165) is 11.1 Å². The summed E-state index contributed by atoms with van der Waals surface area (Å²) in [6, 6.07) is 27.9. The maximum Gasteiger partial charge on any atom is 0.183 e. The predicted octanol–water partition coefficient (Wildman–Crippen LogP) is 5.69. The molecule has 0 spiro atoms. The molecule has 4 aromatic carbocycles. The summed E-state index contributed by atoms with van der Waals surface area (Å²) in [6.07, 6.45) is 0. The Morgan fingerprint density at radius 1 is 0.476 bits per heavy atom. The van der Waals surface area contributed by atoms with Crippen LogP contribution in [0.4, 0.5) is 0 Å². The van der Waals surface area contributed by atoms with Gasteiger partial charge in [0.1, 0.15) is 0 Å². The molecule has 2 saturated carbocycles. The molecule has 2 fully saturated rings. The molecule has 218 valence electrons. The predicted molar refractivity (Wildman–Crippen MR) is 164 cm³/mol. The Bertz CT molecular complexity index is 1960.